The van der Waals surface area contributed by atoms with Crippen LogP contribution in [0.4, 0.5) is 0 Å². The number of rotatable bonds is 8. The Morgan fingerprint density at radius 3 is 2.56 bits per heavy atom. The van der Waals surface area contributed by atoms with Crippen LogP contribution >= 0.6 is 0 Å². The molecule has 136 valence electrons. The number of ether oxygens (including phenoxy) is 2. The van der Waals surface area contributed by atoms with E-state index < -0.39 is 0 Å². The van der Waals surface area contributed by atoms with E-state index in [9.17, 15) is 0 Å². The maximum absolute atomic E-state index is 5.58. The van der Waals surface area contributed by atoms with Crippen molar-refractivity contribution in [3.63, 3.8) is 0 Å². The molecule has 0 aliphatic heterocycles. The van der Waals surface area contributed by atoms with Crippen LogP contribution in [0.2, 0.25) is 0 Å². The van der Waals surface area contributed by atoms with Crippen molar-refractivity contribution in [1.82, 2.24) is 14.8 Å². The topological polar surface area (TPSA) is 51.0 Å². The number of hydrogen-bond acceptors (Lipinski definition) is 3. The second kappa shape index (κ2) is 9.74. The molecule has 0 fully saturated rings. The highest BCUT2D eigenvalue weighted by molar-refractivity contribution is 5.79. The first-order valence-electron chi connectivity index (χ1n) is 8.36. The lowest BCUT2D eigenvalue weighted by atomic mass is 10.2. The van der Waals surface area contributed by atoms with E-state index in [1.165, 1.54) is 11.3 Å². The standard InChI is InChI=1S/C19H28N4O2/c1-20-19(23(3)15-17-6-5-11-22(17)2)21-14-16-7-9-18(10-8-16)25-13-12-24-4/h5-11H,12-15H2,1-4H3,(H,20,21). The van der Waals surface area contributed by atoms with Gasteiger partial charge in [-0.3, -0.25) is 4.99 Å². The molecule has 0 aliphatic carbocycles. The fourth-order valence-corrected chi connectivity index (χ4v) is 2.49. The van der Waals surface area contributed by atoms with Crippen LogP contribution in [0.15, 0.2) is 47.6 Å². The number of aliphatic imine (C=N–C) groups is 1. The number of hydrogen-bond donors (Lipinski definition) is 1. The van der Waals surface area contributed by atoms with Crippen molar-refractivity contribution in [2.45, 2.75) is 13.1 Å². The van der Waals surface area contributed by atoms with Crippen molar-refractivity contribution < 1.29 is 9.47 Å². The van der Waals surface area contributed by atoms with E-state index in [1.54, 1.807) is 14.2 Å². The van der Waals surface area contributed by atoms with Gasteiger partial charge in [-0.15, -0.1) is 0 Å². The summed E-state index contributed by atoms with van der Waals surface area (Å²) >= 11 is 0. The first kappa shape index (κ1) is 18.9. The quantitative estimate of drug-likeness (QED) is 0.453. The highest BCUT2D eigenvalue weighted by atomic mass is 16.5. The van der Waals surface area contributed by atoms with Gasteiger partial charge in [0.15, 0.2) is 5.96 Å². The third kappa shape index (κ3) is 5.83. The van der Waals surface area contributed by atoms with E-state index >= 15 is 0 Å². The van der Waals surface area contributed by atoms with E-state index in [0.717, 1.165) is 18.3 Å². The first-order chi connectivity index (χ1) is 12.1. The van der Waals surface area contributed by atoms with E-state index in [4.69, 9.17) is 9.47 Å². The smallest absolute Gasteiger partial charge is 0.194 e. The van der Waals surface area contributed by atoms with Crippen LogP contribution < -0.4 is 10.1 Å². The van der Waals surface area contributed by atoms with Crippen molar-refractivity contribution in [3.05, 3.63) is 53.9 Å². The lowest BCUT2D eigenvalue weighted by Gasteiger charge is -2.22. The fraction of sp³-hybridized carbons (Fsp3) is 0.421. The zero-order valence-corrected chi connectivity index (χ0v) is 15.5. The Labute approximate surface area is 150 Å². The highest BCUT2D eigenvalue weighted by Gasteiger charge is 2.08. The SMILES string of the molecule is CN=C(NCc1ccc(OCCOC)cc1)N(C)Cc1cccn1C. The zero-order valence-electron chi connectivity index (χ0n) is 15.5. The molecule has 1 N–H and O–H groups in total. The third-order valence-electron chi connectivity index (χ3n) is 3.95. The number of aryl methyl sites for hydroxylation is 1. The Kier molecular flexibility index (Phi) is 7.35. The van der Waals surface area contributed by atoms with Gasteiger partial charge in [0, 0.05) is 46.7 Å². The summed E-state index contributed by atoms with van der Waals surface area (Å²) < 4.78 is 12.7. The number of guanidine groups is 1. The maximum atomic E-state index is 5.58. The molecule has 25 heavy (non-hydrogen) atoms. The van der Waals surface area contributed by atoms with Crippen molar-refractivity contribution in [1.29, 1.82) is 0 Å². The molecule has 0 saturated carbocycles. The Morgan fingerprint density at radius 1 is 1.20 bits per heavy atom. The summed E-state index contributed by atoms with van der Waals surface area (Å²) in [5, 5.41) is 3.39. The van der Waals surface area contributed by atoms with Gasteiger partial charge in [-0.2, -0.15) is 0 Å². The van der Waals surface area contributed by atoms with Gasteiger partial charge >= 0.3 is 0 Å². The summed E-state index contributed by atoms with van der Waals surface area (Å²) in [5.41, 5.74) is 2.41. The van der Waals surface area contributed by atoms with Gasteiger partial charge in [-0.05, 0) is 29.8 Å². The van der Waals surface area contributed by atoms with Crippen LogP contribution in [0.25, 0.3) is 0 Å². The van der Waals surface area contributed by atoms with Gasteiger partial charge in [0.05, 0.1) is 13.2 Å². The molecule has 0 atom stereocenters. The summed E-state index contributed by atoms with van der Waals surface area (Å²) in [6.07, 6.45) is 2.05. The predicted octanol–water partition coefficient (Wildman–Crippen LogP) is 2.26. The molecule has 0 unspecified atom stereocenters. The van der Waals surface area contributed by atoms with E-state index in [0.29, 0.717) is 19.8 Å². The van der Waals surface area contributed by atoms with E-state index in [2.05, 4.69) is 57.3 Å². The average Bonchev–Trinajstić information content (AvgIpc) is 3.02. The Balaban J connectivity index is 1.84. The molecule has 6 nitrogen and oxygen atoms in total. The van der Waals surface area contributed by atoms with Crippen LogP contribution in [0.1, 0.15) is 11.3 Å². The van der Waals surface area contributed by atoms with Gasteiger partial charge in [-0.25, -0.2) is 0 Å². The second-order valence-corrected chi connectivity index (χ2v) is 5.85. The van der Waals surface area contributed by atoms with Crippen LogP contribution in [-0.4, -0.2) is 49.8 Å². The predicted molar refractivity (Wildman–Crippen MR) is 101 cm³/mol. The summed E-state index contributed by atoms with van der Waals surface area (Å²) in [4.78, 5) is 6.47. The van der Waals surface area contributed by atoms with Gasteiger partial charge in [0.1, 0.15) is 12.4 Å². The van der Waals surface area contributed by atoms with Crippen molar-refractivity contribution in [3.8, 4) is 5.75 Å². The molecule has 1 aromatic carbocycles. The normalized spacial score (nSPS) is 11.4. The van der Waals surface area contributed by atoms with Crippen LogP contribution in [0.3, 0.4) is 0 Å². The number of methoxy groups -OCH3 is 1. The molecule has 0 bridgehead atoms. The summed E-state index contributed by atoms with van der Waals surface area (Å²) in [5.74, 6) is 1.72. The van der Waals surface area contributed by atoms with Crippen LogP contribution in [-0.2, 0) is 24.9 Å². The molecule has 0 saturated heterocycles. The largest absolute Gasteiger partial charge is 0.491 e. The van der Waals surface area contributed by atoms with Crippen molar-refractivity contribution in [2.24, 2.45) is 12.0 Å². The Bertz CT molecular complexity index is 664. The van der Waals surface area contributed by atoms with E-state index in [-0.39, 0.29) is 0 Å². The molecule has 0 radical (unpaired) electrons. The molecular weight excluding hydrogens is 316 g/mol. The summed E-state index contributed by atoms with van der Waals surface area (Å²) in [6, 6.07) is 12.2. The number of aromatic nitrogens is 1. The number of nitrogens with zero attached hydrogens (tertiary/aromatic N) is 3. The molecule has 2 rings (SSSR count). The zero-order chi connectivity index (χ0) is 18.1. The minimum Gasteiger partial charge on any atom is -0.491 e. The minimum atomic E-state index is 0.560. The lowest BCUT2D eigenvalue weighted by Crippen LogP contribution is -2.38. The molecule has 2 aromatic rings. The average molecular weight is 344 g/mol. The highest BCUT2D eigenvalue weighted by Crippen LogP contribution is 2.12. The molecule has 1 aromatic heterocycles. The van der Waals surface area contributed by atoms with Crippen LogP contribution in [0.5, 0.6) is 5.75 Å². The lowest BCUT2D eigenvalue weighted by molar-refractivity contribution is 0.146. The minimum absolute atomic E-state index is 0.560. The van der Waals surface area contributed by atoms with Crippen molar-refractivity contribution >= 4 is 5.96 Å². The number of nitrogens with one attached hydrogen (secondary N) is 1. The summed E-state index contributed by atoms with van der Waals surface area (Å²) in [6.45, 7) is 2.66. The first-order valence-corrected chi connectivity index (χ1v) is 8.36. The molecule has 0 spiro atoms. The third-order valence-corrected chi connectivity index (χ3v) is 3.95. The Morgan fingerprint density at radius 2 is 1.96 bits per heavy atom. The Hall–Kier alpha value is -2.47. The monoisotopic (exact) mass is 344 g/mol. The van der Waals surface area contributed by atoms with Gasteiger partial charge < -0.3 is 24.3 Å². The summed E-state index contributed by atoms with van der Waals surface area (Å²) in [7, 11) is 7.56. The van der Waals surface area contributed by atoms with Crippen LogP contribution in [0, 0.1) is 0 Å². The van der Waals surface area contributed by atoms with Gasteiger partial charge in [-0.1, -0.05) is 12.1 Å². The molecule has 6 heteroatoms. The molecule has 0 aliphatic rings. The van der Waals surface area contributed by atoms with Gasteiger partial charge in [0.25, 0.3) is 0 Å². The number of benzene rings is 1. The van der Waals surface area contributed by atoms with Crippen molar-refractivity contribution in [2.75, 3.05) is 34.4 Å². The second-order valence-electron chi connectivity index (χ2n) is 5.85. The maximum Gasteiger partial charge on any atom is 0.194 e. The molecule has 0 amide bonds. The molecule has 1 heterocycles. The molecular formula is C19H28N4O2. The van der Waals surface area contributed by atoms with E-state index in [1.807, 2.05) is 19.2 Å². The fourth-order valence-electron chi connectivity index (χ4n) is 2.49. The van der Waals surface area contributed by atoms with Gasteiger partial charge in [0.2, 0.25) is 0 Å².